The summed E-state index contributed by atoms with van der Waals surface area (Å²) in [6.07, 6.45) is 4.43. The molecule has 2 aromatic carbocycles. The molecule has 0 spiro atoms. The maximum Gasteiger partial charge on any atom is 0.314 e. The molecule has 1 heterocycles. The fourth-order valence-electron chi connectivity index (χ4n) is 2.47. The van der Waals surface area contributed by atoms with Crippen molar-refractivity contribution in [3.8, 4) is 11.4 Å². The lowest BCUT2D eigenvalue weighted by Gasteiger charge is -2.09. The number of carbonyl (C=O) groups excluding carboxylic acids is 1. The third-order valence-electron chi connectivity index (χ3n) is 3.80. The highest BCUT2D eigenvalue weighted by Gasteiger charge is 2.01. The molecule has 0 unspecified atom stereocenters. The minimum atomic E-state index is -0.185. The summed E-state index contributed by atoms with van der Waals surface area (Å²) in [5.41, 5.74) is 2.18. The fraction of sp³-hybridized carbons (Fsp3) is 0.200. The molecule has 0 saturated heterocycles. The number of amides is 2. The highest BCUT2D eigenvalue weighted by Crippen LogP contribution is 2.09. The van der Waals surface area contributed by atoms with Crippen molar-refractivity contribution >= 4 is 6.03 Å². The Kier molecular flexibility index (Phi) is 6.25. The molecule has 2 amide bonds. The van der Waals surface area contributed by atoms with Crippen LogP contribution in [0.3, 0.4) is 0 Å². The molecule has 6 heteroatoms. The third kappa shape index (κ3) is 5.37. The van der Waals surface area contributed by atoms with Gasteiger partial charge in [-0.3, -0.25) is 0 Å². The van der Waals surface area contributed by atoms with Crippen molar-refractivity contribution in [3.63, 3.8) is 0 Å². The van der Waals surface area contributed by atoms with Crippen molar-refractivity contribution in [2.24, 2.45) is 0 Å². The van der Waals surface area contributed by atoms with Crippen LogP contribution in [0.5, 0.6) is 5.75 Å². The Morgan fingerprint density at radius 1 is 0.962 bits per heavy atom. The molecule has 0 aliphatic heterocycles. The van der Waals surface area contributed by atoms with Gasteiger partial charge in [0, 0.05) is 18.9 Å². The summed E-state index contributed by atoms with van der Waals surface area (Å²) >= 11 is 0. The van der Waals surface area contributed by atoms with Crippen LogP contribution in [0.1, 0.15) is 5.56 Å². The Morgan fingerprint density at radius 3 is 2.46 bits per heavy atom. The maximum absolute atomic E-state index is 11.8. The second-order valence-corrected chi connectivity index (χ2v) is 5.71. The Balaban J connectivity index is 1.31. The predicted molar refractivity (Wildman–Crippen MR) is 101 cm³/mol. The molecule has 0 fully saturated rings. The topological polar surface area (TPSA) is 68.2 Å². The highest BCUT2D eigenvalue weighted by molar-refractivity contribution is 5.73. The van der Waals surface area contributed by atoms with Gasteiger partial charge in [0.05, 0.1) is 12.2 Å². The average Bonchev–Trinajstić information content (AvgIpc) is 3.21. The Morgan fingerprint density at radius 2 is 1.73 bits per heavy atom. The van der Waals surface area contributed by atoms with E-state index in [-0.39, 0.29) is 6.03 Å². The molecular formula is C20H22N4O2. The molecule has 0 radical (unpaired) electrons. The molecule has 134 valence electrons. The number of nitrogens with one attached hydrogen (secondary N) is 2. The number of benzene rings is 2. The van der Waals surface area contributed by atoms with E-state index in [9.17, 15) is 4.79 Å². The summed E-state index contributed by atoms with van der Waals surface area (Å²) in [4.78, 5) is 11.8. The summed E-state index contributed by atoms with van der Waals surface area (Å²) in [5, 5.41) is 9.83. The van der Waals surface area contributed by atoms with E-state index in [1.54, 1.807) is 6.20 Å². The molecule has 3 aromatic rings. The standard InChI is InChI=1S/C20H22N4O2/c25-20(22-14-16-26-19-5-2-1-3-6-19)21-13-11-17-7-9-18(10-8-17)24-15-4-12-23-24/h1-10,12,15H,11,13-14,16H2,(H2,21,22,25). The van der Waals surface area contributed by atoms with Gasteiger partial charge in [-0.1, -0.05) is 30.3 Å². The summed E-state index contributed by atoms with van der Waals surface area (Å²) in [6, 6.07) is 19.4. The zero-order chi connectivity index (χ0) is 18.0. The van der Waals surface area contributed by atoms with E-state index >= 15 is 0 Å². The normalized spacial score (nSPS) is 10.3. The van der Waals surface area contributed by atoms with Gasteiger partial charge in [-0.15, -0.1) is 0 Å². The minimum Gasteiger partial charge on any atom is -0.492 e. The van der Waals surface area contributed by atoms with Crippen molar-refractivity contribution in [1.29, 1.82) is 0 Å². The van der Waals surface area contributed by atoms with Gasteiger partial charge in [0.15, 0.2) is 0 Å². The van der Waals surface area contributed by atoms with Gasteiger partial charge in [-0.2, -0.15) is 5.10 Å². The number of hydrogen-bond acceptors (Lipinski definition) is 3. The second kappa shape index (κ2) is 9.27. The van der Waals surface area contributed by atoms with Crippen LogP contribution in [0, 0.1) is 0 Å². The van der Waals surface area contributed by atoms with Crippen LogP contribution < -0.4 is 15.4 Å². The molecular weight excluding hydrogens is 328 g/mol. The smallest absolute Gasteiger partial charge is 0.314 e. The molecule has 2 N–H and O–H groups in total. The van der Waals surface area contributed by atoms with Crippen LogP contribution in [0.15, 0.2) is 73.1 Å². The molecule has 3 rings (SSSR count). The SMILES string of the molecule is O=C(NCCOc1ccccc1)NCCc1ccc(-n2cccn2)cc1. The zero-order valence-corrected chi connectivity index (χ0v) is 14.5. The van der Waals surface area contributed by atoms with Crippen LogP contribution in [0.25, 0.3) is 5.69 Å². The van der Waals surface area contributed by atoms with Gasteiger partial charge in [0.2, 0.25) is 0 Å². The summed E-state index contributed by atoms with van der Waals surface area (Å²) in [5.74, 6) is 0.799. The van der Waals surface area contributed by atoms with Gasteiger partial charge in [-0.05, 0) is 42.3 Å². The Bertz CT molecular complexity index is 786. The first-order valence-electron chi connectivity index (χ1n) is 8.60. The van der Waals surface area contributed by atoms with Gasteiger partial charge in [-0.25, -0.2) is 9.48 Å². The number of rotatable bonds is 8. The van der Waals surface area contributed by atoms with E-state index in [2.05, 4.69) is 15.7 Å². The van der Waals surface area contributed by atoms with Crippen molar-refractivity contribution in [2.75, 3.05) is 19.7 Å². The molecule has 6 nitrogen and oxygen atoms in total. The molecule has 0 bridgehead atoms. The Labute approximate surface area is 152 Å². The number of ether oxygens (including phenoxy) is 1. The molecule has 0 aliphatic rings. The van der Waals surface area contributed by atoms with E-state index < -0.39 is 0 Å². The summed E-state index contributed by atoms with van der Waals surface area (Å²) in [6.45, 7) is 1.47. The number of nitrogens with zero attached hydrogens (tertiary/aromatic N) is 2. The van der Waals surface area contributed by atoms with E-state index in [1.807, 2.05) is 71.5 Å². The first-order chi connectivity index (χ1) is 12.8. The van der Waals surface area contributed by atoms with Gasteiger partial charge >= 0.3 is 6.03 Å². The minimum absolute atomic E-state index is 0.185. The number of para-hydroxylation sites is 1. The summed E-state index contributed by atoms with van der Waals surface area (Å²) < 4.78 is 7.33. The van der Waals surface area contributed by atoms with Gasteiger partial charge in [0.1, 0.15) is 12.4 Å². The van der Waals surface area contributed by atoms with Crippen LogP contribution in [0.4, 0.5) is 4.79 Å². The number of carbonyl (C=O) groups is 1. The lowest BCUT2D eigenvalue weighted by molar-refractivity contribution is 0.236. The van der Waals surface area contributed by atoms with E-state index in [0.29, 0.717) is 19.7 Å². The fourth-order valence-corrected chi connectivity index (χ4v) is 2.47. The van der Waals surface area contributed by atoms with Crippen LogP contribution in [-0.2, 0) is 6.42 Å². The molecule has 0 aliphatic carbocycles. The molecule has 26 heavy (non-hydrogen) atoms. The average molecular weight is 350 g/mol. The zero-order valence-electron chi connectivity index (χ0n) is 14.5. The van der Waals surface area contributed by atoms with E-state index in [4.69, 9.17) is 4.74 Å². The monoisotopic (exact) mass is 350 g/mol. The van der Waals surface area contributed by atoms with Gasteiger partial charge in [0.25, 0.3) is 0 Å². The number of urea groups is 1. The van der Waals surface area contributed by atoms with Crippen molar-refractivity contribution in [3.05, 3.63) is 78.6 Å². The van der Waals surface area contributed by atoms with Crippen molar-refractivity contribution < 1.29 is 9.53 Å². The molecule has 0 atom stereocenters. The lowest BCUT2D eigenvalue weighted by Crippen LogP contribution is -2.38. The van der Waals surface area contributed by atoms with Crippen LogP contribution in [-0.4, -0.2) is 35.5 Å². The van der Waals surface area contributed by atoms with E-state index in [0.717, 1.165) is 23.4 Å². The third-order valence-corrected chi connectivity index (χ3v) is 3.80. The maximum atomic E-state index is 11.8. The van der Waals surface area contributed by atoms with Gasteiger partial charge < -0.3 is 15.4 Å². The predicted octanol–water partition coefficient (Wildman–Crippen LogP) is 2.79. The summed E-state index contributed by atoms with van der Waals surface area (Å²) in [7, 11) is 0. The van der Waals surface area contributed by atoms with E-state index in [1.165, 1.54) is 0 Å². The lowest BCUT2D eigenvalue weighted by atomic mass is 10.1. The number of aromatic nitrogens is 2. The molecule has 0 saturated carbocycles. The highest BCUT2D eigenvalue weighted by atomic mass is 16.5. The first-order valence-corrected chi connectivity index (χ1v) is 8.60. The first kappa shape index (κ1) is 17.5. The van der Waals surface area contributed by atoms with Crippen molar-refractivity contribution in [1.82, 2.24) is 20.4 Å². The largest absolute Gasteiger partial charge is 0.492 e. The second-order valence-electron chi connectivity index (χ2n) is 5.71. The Hall–Kier alpha value is -3.28. The number of hydrogen-bond donors (Lipinski definition) is 2. The van der Waals surface area contributed by atoms with Crippen molar-refractivity contribution in [2.45, 2.75) is 6.42 Å². The quantitative estimate of drug-likeness (QED) is 0.614. The molecule has 1 aromatic heterocycles. The van der Waals surface area contributed by atoms with Crippen LogP contribution in [0.2, 0.25) is 0 Å². The van der Waals surface area contributed by atoms with Crippen LogP contribution >= 0.6 is 0 Å².